The van der Waals surface area contributed by atoms with Crippen molar-refractivity contribution in [3.8, 4) is 0 Å². The number of anilines is 1. The third kappa shape index (κ3) is 3.89. The third-order valence-electron chi connectivity index (χ3n) is 2.48. The van der Waals surface area contributed by atoms with Crippen molar-refractivity contribution >= 4 is 5.82 Å². The van der Waals surface area contributed by atoms with E-state index in [1.807, 2.05) is 0 Å². The second-order valence-electron chi connectivity index (χ2n) is 4.06. The Morgan fingerprint density at radius 2 is 2.00 bits per heavy atom. The maximum atomic E-state index is 12.4. The molecule has 0 saturated heterocycles. The van der Waals surface area contributed by atoms with E-state index in [2.05, 4.69) is 15.6 Å². The van der Waals surface area contributed by atoms with Gasteiger partial charge < -0.3 is 10.6 Å². The lowest BCUT2D eigenvalue weighted by atomic mass is 10.3. The monoisotopic (exact) mass is 245 g/mol. The molecule has 0 atom stereocenters. The van der Waals surface area contributed by atoms with Crippen LogP contribution in [0.1, 0.15) is 18.5 Å². The standard InChI is InChI=1S/C11H14F3N3/c12-11(13,14)9-2-1-3-10(17-9)16-7-6-15-8-4-5-8/h1-3,8,15H,4-7H2,(H,16,17). The fraction of sp³-hybridized carbons (Fsp3) is 0.545. The Morgan fingerprint density at radius 1 is 1.24 bits per heavy atom. The van der Waals surface area contributed by atoms with E-state index in [0.717, 1.165) is 12.6 Å². The van der Waals surface area contributed by atoms with Gasteiger partial charge in [-0.2, -0.15) is 13.2 Å². The zero-order valence-electron chi connectivity index (χ0n) is 9.22. The number of hydrogen-bond donors (Lipinski definition) is 2. The first-order chi connectivity index (χ1) is 8.05. The summed E-state index contributed by atoms with van der Waals surface area (Å²) in [7, 11) is 0. The Labute approximate surface area is 97.4 Å². The van der Waals surface area contributed by atoms with Crippen LogP contribution in [0, 0.1) is 0 Å². The molecule has 1 aliphatic carbocycles. The van der Waals surface area contributed by atoms with Gasteiger partial charge in [-0.25, -0.2) is 4.98 Å². The Hall–Kier alpha value is -1.30. The maximum Gasteiger partial charge on any atom is 0.433 e. The summed E-state index contributed by atoms with van der Waals surface area (Å²) in [6.45, 7) is 1.31. The number of rotatable bonds is 5. The molecule has 2 rings (SSSR count). The predicted molar refractivity (Wildman–Crippen MR) is 58.8 cm³/mol. The predicted octanol–water partition coefficient (Wildman–Crippen LogP) is 2.26. The lowest BCUT2D eigenvalue weighted by Crippen LogP contribution is -2.24. The number of nitrogens with one attached hydrogen (secondary N) is 2. The minimum Gasteiger partial charge on any atom is -0.369 e. The molecule has 1 aromatic heterocycles. The van der Waals surface area contributed by atoms with Gasteiger partial charge in [-0.3, -0.25) is 0 Å². The van der Waals surface area contributed by atoms with Gasteiger partial charge in [-0.1, -0.05) is 6.07 Å². The van der Waals surface area contributed by atoms with Crippen LogP contribution in [0.3, 0.4) is 0 Å². The van der Waals surface area contributed by atoms with E-state index in [0.29, 0.717) is 12.6 Å². The van der Waals surface area contributed by atoms with Crippen LogP contribution in [0.4, 0.5) is 19.0 Å². The van der Waals surface area contributed by atoms with Gasteiger partial charge in [0, 0.05) is 19.1 Å². The maximum absolute atomic E-state index is 12.4. The average Bonchev–Trinajstić information content (AvgIpc) is 3.08. The molecule has 2 N–H and O–H groups in total. The van der Waals surface area contributed by atoms with E-state index < -0.39 is 11.9 Å². The van der Waals surface area contributed by atoms with Gasteiger partial charge in [-0.15, -0.1) is 0 Å². The number of alkyl halides is 3. The highest BCUT2D eigenvalue weighted by molar-refractivity contribution is 5.35. The van der Waals surface area contributed by atoms with Gasteiger partial charge in [0.2, 0.25) is 0 Å². The normalized spacial score (nSPS) is 15.9. The molecule has 0 spiro atoms. The molecule has 0 aromatic carbocycles. The van der Waals surface area contributed by atoms with E-state index in [9.17, 15) is 13.2 Å². The third-order valence-corrected chi connectivity index (χ3v) is 2.48. The van der Waals surface area contributed by atoms with E-state index in [1.54, 1.807) is 0 Å². The van der Waals surface area contributed by atoms with Crippen molar-refractivity contribution in [3.05, 3.63) is 23.9 Å². The van der Waals surface area contributed by atoms with E-state index in [1.165, 1.54) is 25.0 Å². The fourth-order valence-corrected chi connectivity index (χ4v) is 1.45. The van der Waals surface area contributed by atoms with Crippen LogP contribution in [0.25, 0.3) is 0 Å². The van der Waals surface area contributed by atoms with E-state index >= 15 is 0 Å². The smallest absolute Gasteiger partial charge is 0.369 e. The molecule has 0 unspecified atom stereocenters. The Kier molecular flexibility index (Phi) is 3.51. The van der Waals surface area contributed by atoms with Crippen molar-refractivity contribution < 1.29 is 13.2 Å². The molecule has 0 aliphatic heterocycles. The number of pyridine rings is 1. The quantitative estimate of drug-likeness (QED) is 0.781. The zero-order valence-corrected chi connectivity index (χ0v) is 9.22. The molecule has 1 fully saturated rings. The highest BCUT2D eigenvalue weighted by Crippen LogP contribution is 2.28. The number of nitrogens with zero attached hydrogens (tertiary/aromatic N) is 1. The molecule has 6 heteroatoms. The lowest BCUT2D eigenvalue weighted by Gasteiger charge is -2.09. The summed E-state index contributed by atoms with van der Waals surface area (Å²) < 4.78 is 37.1. The van der Waals surface area contributed by atoms with Crippen LogP contribution >= 0.6 is 0 Å². The molecule has 0 bridgehead atoms. The topological polar surface area (TPSA) is 37.0 Å². The SMILES string of the molecule is FC(F)(F)c1cccc(NCCNC2CC2)n1. The fourth-order valence-electron chi connectivity index (χ4n) is 1.45. The molecular formula is C11H14F3N3. The summed E-state index contributed by atoms with van der Waals surface area (Å²) in [5, 5.41) is 6.13. The first-order valence-corrected chi connectivity index (χ1v) is 5.57. The Morgan fingerprint density at radius 3 is 2.65 bits per heavy atom. The van der Waals surface area contributed by atoms with Gasteiger partial charge in [0.15, 0.2) is 0 Å². The van der Waals surface area contributed by atoms with Crippen molar-refractivity contribution in [3.63, 3.8) is 0 Å². The van der Waals surface area contributed by atoms with Crippen LogP contribution in [0.5, 0.6) is 0 Å². The molecule has 17 heavy (non-hydrogen) atoms. The Bertz CT molecular complexity index is 374. The van der Waals surface area contributed by atoms with Gasteiger partial charge in [0.25, 0.3) is 0 Å². The van der Waals surface area contributed by atoms with Crippen LogP contribution < -0.4 is 10.6 Å². The summed E-state index contributed by atoms with van der Waals surface area (Å²) in [6.07, 6.45) is -1.99. The summed E-state index contributed by atoms with van der Waals surface area (Å²) in [4.78, 5) is 3.51. The molecule has 0 radical (unpaired) electrons. The van der Waals surface area contributed by atoms with Gasteiger partial charge in [0.05, 0.1) is 0 Å². The minimum atomic E-state index is -4.38. The van der Waals surface area contributed by atoms with E-state index in [4.69, 9.17) is 0 Å². The van der Waals surface area contributed by atoms with Crippen LogP contribution in [0.2, 0.25) is 0 Å². The summed E-state index contributed by atoms with van der Waals surface area (Å²) >= 11 is 0. The van der Waals surface area contributed by atoms with Crippen molar-refractivity contribution in [2.75, 3.05) is 18.4 Å². The van der Waals surface area contributed by atoms with Crippen molar-refractivity contribution in [1.82, 2.24) is 10.3 Å². The molecule has 0 amide bonds. The minimum absolute atomic E-state index is 0.262. The molecule has 3 nitrogen and oxygen atoms in total. The second kappa shape index (κ2) is 4.91. The number of hydrogen-bond acceptors (Lipinski definition) is 3. The molecule has 94 valence electrons. The number of halogens is 3. The highest BCUT2D eigenvalue weighted by atomic mass is 19.4. The lowest BCUT2D eigenvalue weighted by molar-refractivity contribution is -0.141. The molecule has 1 heterocycles. The summed E-state index contributed by atoms with van der Waals surface area (Å²) in [6, 6.07) is 4.46. The first kappa shape index (κ1) is 12.2. The van der Waals surface area contributed by atoms with Crippen molar-refractivity contribution in [1.29, 1.82) is 0 Å². The molecular weight excluding hydrogens is 231 g/mol. The summed E-state index contributed by atoms with van der Waals surface area (Å²) in [5.74, 6) is 0.262. The highest BCUT2D eigenvalue weighted by Gasteiger charge is 2.32. The second-order valence-corrected chi connectivity index (χ2v) is 4.06. The van der Waals surface area contributed by atoms with Gasteiger partial charge in [-0.05, 0) is 25.0 Å². The van der Waals surface area contributed by atoms with Gasteiger partial charge >= 0.3 is 6.18 Å². The average molecular weight is 245 g/mol. The largest absolute Gasteiger partial charge is 0.433 e. The molecule has 1 saturated carbocycles. The molecule has 1 aromatic rings. The van der Waals surface area contributed by atoms with Crippen molar-refractivity contribution in [2.24, 2.45) is 0 Å². The summed E-state index contributed by atoms with van der Waals surface area (Å²) in [5.41, 5.74) is -0.863. The van der Waals surface area contributed by atoms with E-state index in [-0.39, 0.29) is 5.82 Å². The van der Waals surface area contributed by atoms with Crippen LogP contribution in [0.15, 0.2) is 18.2 Å². The van der Waals surface area contributed by atoms with Crippen molar-refractivity contribution in [2.45, 2.75) is 25.1 Å². The zero-order chi connectivity index (χ0) is 12.3. The molecule has 1 aliphatic rings. The number of aromatic nitrogens is 1. The Balaban J connectivity index is 1.82. The van der Waals surface area contributed by atoms with Gasteiger partial charge in [0.1, 0.15) is 11.5 Å². The first-order valence-electron chi connectivity index (χ1n) is 5.57. The van der Waals surface area contributed by atoms with Crippen LogP contribution in [-0.2, 0) is 6.18 Å². The van der Waals surface area contributed by atoms with Crippen LogP contribution in [-0.4, -0.2) is 24.1 Å².